The van der Waals surface area contributed by atoms with E-state index in [1.165, 1.54) is 20.2 Å². The van der Waals surface area contributed by atoms with Crippen molar-refractivity contribution in [3.8, 4) is 0 Å². The van der Waals surface area contributed by atoms with Crippen molar-refractivity contribution in [1.29, 1.82) is 0 Å². The number of nitrogens with two attached hydrogens (primary N) is 2. The first-order valence-electron chi connectivity index (χ1n) is 5.29. The molecule has 96 valence electrons. The Labute approximate surface area is 105 Å². The van der Waals surface area contributed by atoms with Gasteiger partial charge >= 0.3 is 0 Å². The second kappa shape index (κ2) is 5.90. The van der Waals surface area contributed by atoms with Crippen LogP contribution in [0.15, 0.2) is 33.2 Å². The number of hydrogen-bond donors (Lipinski definition) is 2. The molecule has 1 aromatic rings. The molecular formula is C12H16FN5. The maximum Gasteiger partial charge on any atom is 0.153 e. The van der Waals surface area contributed by atoms with Crippen LogP contribution in [0.3, 0.4) is 0 Å². The lowest BCUT2D eigenvalue weighted by atomic mass is 10.2. The minimum absolute atomic E-state index is 0.0325. The highest BCUT2D eigenvalue weighted by atomic mass is 19.1. The average Bonchev–Trinajstić information content (AvgIpc) is 2.34. The maximum absolute atomic E-state index is 13.5. The molecule has 5 nitrogen and oxygen atoms in total. The summed E-state index contributed by atoms with van der Waals surface area (Å²) in [6.45, 7) is 1.84. The molecule has 0 radical (unpaired) electrons. The van der Waals surface area contributed by atoms with Crippen molar-refractivity contribution in [3.05, 3.63) is 29.6 Å². The summed E-state index contributed by atoms with van der Waals surface area (Å²) in [5.41, 5.74) is 12.6. The molecule has 6 heteroatoms. The van der Waals surface area contributed by atoms with Crippen LogP contribution in [0.25, 0.3) is 0 Å². The molecule has 0 bridgehead atoms. The van der Waals surface area contributed by atoms with E-state index in [2.05, 4.69) is 15.0 Å². The highest BCUT2D eigenvalue weighted by Gasteiger charge is 2.10. The van der Waals surface area contributed by atoms with Crippen molar-refractivity contribution in [2.75, 3.05) is 14.1 Å². The lowest BCUT2D eigenvalue weighted by Crippen LogP contribution is -2.36. The molecule has 0 unspecified atom stereocenters. The van der Waals surface area contributed by atoms with Crippen molar-refractivity contribution in [3.63, 3.8) is 0 Å². The van der Waals surface area contributed by atoms with Crippen LogP contribution >= 0.6 is 0 Å². The van der Waals surface area contributed by atoms with E-state index < -0.39 is 5.82 Å². The summed E-state index contributed by atoms with van der Waals surface area (Å²) < 4.78 is 13.5. The van der Waals surface area contributed by atoms with Crippen LogP contribution in [0, 0.1) is 12.7 Å². The summed E-state index contributed by atoms with van der Waals surface area (Å²) in [5.74, 6) is -0.261. The fourth-order valence-electron chi connectivity index (χ4n) is 1.36. The summed E-state index contributed by atoms with van der Waals surface area (Å²) in [6, 6.07) is 4.58. The van der Waals surface area contributed by atoms with Crippen LogP contribution in [0.1, 0.15) is 5.56 Å². The Morgan fingerprint density at radius 1 is 1.11 bits per heavy atom. The summed E-state index contributed by atoms with van der Waals surface area (Å²) in [4.78, 5) is 11.6. The molecule has 0 spiro atoms. The van der Waals surface area contributed by atoms with E-state index in [0.29, 0.717) is 0 Å². The molecule has 0 saturated carbocycles. The molecule has 0 fully saturated rings. The number of aryl methyl sites for hydroxylation is 1. The number of rotatable bonds is 3. The van der Waals surface area contributed by atoms with Gasteiger partial charge in [0.1, 0.15) is 23.1 Å². The summed E-state index contributed by atoms with van der Waals surface area (Å²) >= 11 is 0. The largest absolute Gasteiger partial charge is 0.382 e. The second-order valence-electron chi connectivity index (χ2n) is 3.63. The van der Waals surface area contributed by atoms with Gasteiger partial charge in [0.15, 0.2) is 5.84 Å². The van der Waals surface area contributed by atoms with E-state index in [-0.39, 0.29) is 23.1 Å². The smallest absolute Gasteiger partial charge is 0.153 e. The number of aliphatic imine (C=N–C) groups is 3. The van der Waals surface area contributed by atoms with E-state index in [9.17, 15) is 4.39 Å². The van der Waals surface area contributed by atoms with Crippen LogP contribution < -0.4 is 11.5 Å². The maximum atomic E-state index is 13.5. The van der Waals surface area contributed by atoms with Gasteiger partial charge in [0.25, 0.3) is 0 Å². The predicted molar refractivity (Wildman–Crippen MR) is 73.3 cm³/mol. The molecule has 0 saturated heterocycles. The van der Waals surface area contributed by atoms with E-state index in [0.717, 1.165) is 5.56 Å². The molecule has 4 N–H and O–H groups in total. The SMILES string of the molecule is CN=C(N)C(=NC)C(N)=Nc1cc(C)ccc1F. The fourth-order valence-corrected chi connectivity index (χ4v) is 1.36. The Morgan fingerprint density at radius 3 is 2.33 bits per heavy atom. The van der Waals surface area contributed by atoms with E-state index in [1.807, 2.05) is 6.92 Å². The minimum Gasteiger partial charge on any atom is -0.382 e. The second-order valence-corrected chi connectivity index (χ2v) is 3.63. The molecule has 0 amide bonds. The molecule has 1 rings (SSSR count). The van der Waals surface area contributed by atoms with Crippen molar-refractivity contribution in [1.82, 2.24) is 0 Å². The number of hydrogen-bond acceptors (Lipinski definition) is 3. The monoisotopic (exact) mass is 249 g/mol. The lowest BCUT2D eigenvalue weighted by molar-refractivity contribution is 0.629. The zero-order chi connectivity index (χ0) is 13.7. The van der Waals surface area contributed by atoms with Crippen molar-refractivity contribution < 1.29 is 4.39 Å². The fraction of sp³-hybridized carbons (Fsp3) is 0.250. The van der Waals surface area contributed by atoms with Crippen LogP contribution in [0.4, 0.5) is 10.1 Å². The van der Waals surface area contributed by atoms with E-state index >= 15 is 0 Å². The normalized spacial score (nSPS) is 13.9. The zero-order valence-corrected chi connectivity index (χ0v) is 10.6. The number of nitrogens with zero attached hydrogens (tertiary/aromatic N) is 3. The minimum atomic E-state index is -0.453. The van der Waals surface area contributed by atoms with Crippen LogP contribution in [-0.4, -0.2) is 31.5 Å². The van der Waals surface area contributed by atoms with Gasteiger partial charge in [0.2, 0.25) is 0 Å². The molecular weight excluding hydrogens is 233 g/mol. The number of amidine groups is 2. The third kappa shape index (κ3) is 3.13. The molecule has 0 aliphatic heterocycles. The predicted octanol–water partition coefficient (Wildman–Crippen LogP) is 1.18. The van der Waals surface area contributed by atoms with E-state index in [4.69, 9.17) is 11.5 Å². The Hall–Kier alpha value is -2.24. The molecule has 0 aromatic heterocycles. The molecule has 0 atom stereocenters. The molecule has 0 aliphatic rings. The van der Waals surface area contributed by atoms with Gasteiger partial charge in [0, 0.05) is 14.1 Å². The first-order chi connectivity index (χ1) is 8.49. The lowest BCUT2D eigenvalue weighted by Gasteiger charge is -2.05. The third-order valence-corrected chi connectivity index (χ3v) is 2.29. The third-order valence-electron chi connectivity index (χ3n) is 2.29. The van der Waals surface area contributed by atoms with E-state index in [1.54, 1.807) is 12.1 Å². The first-order valence-corrected chi connectivity index (χ1v) is 5.29. The topological polar surface area (TPSA) is 89.1 Å². The van der Waals surface area contributed by atoms with Crippen LogP contribution in [0.5, 0.6) is 0 Å². The molecule has 0 aliphatic carbocycles. The Bertz CT molecular complexity index is 531. The Balaban J connectivity index is 3.20. The van der Waals surface area contributed by atoms with Gasteiger partial charge in [-0.05, 0) is 24.6 Å². The molecule has 18 heavy (non-hydrogen) atoms. The van der Waals surface area contributed by atoms with Crippen molar-refractivity contribution >= 4 is 23.1 Å². The van der Waals surface area contributed by atoms with Gasteiger partial charge in [-0.1, -0.05) is 6.07 Å². The van der Waals surface area contributed by atoms with Crippen LogP contribution in [0.2, 0.25) is 0 Å². The van der Waals surface area contributed by atoms with Gasteiger partial charge in [-0.2, -0.15) is 0 Å². The van der Waals surface area contributed by atoms with Gasteiger partial charge in [0.05, 0.1) is 0 Å². The Kier molecular flexibility index (Phi) is 4.53. The summed E-state index contributed by atoms with van der Waals surface area (Å²) in [6.07, 6.45) is 0. The standard InChI is InChI=1S/C12H16FN5/c1-7-4-5-8(13)9(6-7)18-12(15)10(16-2)11(14)17-3/h4-6H,1-3H3,(H2,14,17)(H2,15,18). The average molecular weight is 249 g/mol. The summed E-state index contributed by atoms with van der Waals surface area (Å²) in [5, 5.41) is 0. The van der Waals surface area contributed by atoms with Gasteiger partial charge in [-0.3, -0.25) is 9.98 Å². The van der Waals surface area contributed by atoms with Crippen LogP contribution in [-0.2, 0) is 0 Å². The van der Waals surface area contributed by atoms with Crippen molar-refractivity contribution in [2.24, 2.45) is 26.4 Å². The number of benzene rings is 1. The zero-order valence-electron chi connectivity index (χ0n) is 10.6. The first kappa shape index (κ1) is 13.8. The number of halogens is 1. The van der Waals surface area contributed by atoms with Gasteiger partial charge < -0.3 is 11.5 Å². The van der Waals surface area contributed by atoms with Gasteiger partial charge in [-0.25, -0.2) is 9.38 Å². The Morgan fingerprint density at radius 2 is 1.78 bits per heavy atom. The highest BCUT2D eigenvalue weighted by Crippen LogP contribution is 2.18. The summed E-state index contributed by atoms with van der Waals surface area (Å²) in [7, 11) is 3.03. The van der Waals surface area contributed by atoms with Crippen molar-refractivity contribution in [2.45, 2.75) is 6.92 Å². The molecule has 0 heterocycles. The molecule has 1 aromatic carbocycles. The quantitative estimate of drug-likeness (QED) is 0.622. The van der Waals surface area contributed by atoms with Gasteiger partial charge in [-0.15, -0.1) is 0 Å². The highest BCUT2D eigenvalue weighted by molar-refractivity contribution is 6.67.